The van der Waals surface area contributed by atoms with Gasteiger partial charge in [-0.15, -0.1) is 0 Å². The average molecular weight is 368 g/mol. The molecule has 0 radical (unpaired) electrons. The number of nitrogens with one attached hydrogen (secondary N) is 1. The normalized spacial score (nSPS) is 15.1. The van der Waals surface area contributed by atoms with Crippen LogP contribution in [0.4, 0.5) is 5.69 Å². The van der Waals surface area contributed by atoms with E-state index in [1.54, 1.807) is 19.9 Å². The molecule has 0 saturated heterocycles. The van der Waals surface area contributed by atoms with Crippen LogP contribution >= 0.6 is 0 Å². The Morgan fingerprint density at radius 1 is 1.19 bits per heavy atom. The highest BCUT2D eigenvalue weighted by Crippen LogP contribution is 2.27. The lowest BCUT2D eigenvalue weighted by atomic mass is 10.1. The summed E-state index contributed by atoms with van der Waals surface area (Å²) < 4.78 is 0. The minimum atomic E-state index is -0.952. The quantitative estimate of drug-likeness (QED) is 0.660. The number of aryl methyl sites for hydroxylation is 2. The van der Waals surface area contributed by atoms with Gasteiger partial charge in [0.05, 0.1) is 4.92 Å². The van der Waals surface area contributed by atoms with Gasteiger partial charge in [-0.1, -0.05) is 34.5 Å². The molecule has 1 N–H and O–H groups in total. The van der Waals surface area contributed by atoms with Gasteiger partial charge in [0.25, 0.3) is 11.6 Å². The zero-order valence-electron chi connectivity index (χ0n) is 15.5. The first kappa shape index (κ1) is 18.4. The topological polar surface area (TPSA) is 97.1 Å². The number of amidine groups is 1. The van der Waals surface area contributed by atoms with Crippen LogP contribution in [0.1, 0.15) is 40.9 Å². The fourth-order valence-corrected chi connectivity index (χ4v) is 2.95. The first-order valence-electron chi connectivity index (χ1n) is 8.38. The third kappa shape index (κ3) is 3.59. The molecule has 1 aliphatic heterocycles. The number of hydrazine groups is 1. The molecule has 0 saturated carbocycles. The summed E-state index contributed by atoms with van der Waals surface area (Å²) in [5, 5.41) is 16.8. The first-order chi connectivity index (χ1) is 12.7. The minimum Gasteiger partial charge on any atom is -0.364 e. The summed E-state index contributed by atoms with van der Waals surface area (Å²) >= 11 is 0. The molecule has 8 heteroatoms. The molecule has 140 valence electrons. The van der Waals surface area contributed by atoms with Crippen molar-refractivity contribution in [2.75, 3.05) is 0 Å². The largest absolute Gasteiger partial charge is 0.364 e. The van der Waals surface area contributed by atoms with Crippen molar-refractivity contribution in [3.8, 4) is 0 Å². The Balaban J connectivity index is 1.95. The Bertz CT molecular complexity index is 932. The second kappa shape index (κ2) is 6.71. The van der Waals surface area contributed by atoms with Crippen molar-refractivity contribution < 1.29 is 14.6 Å². The van der Waals surface area contributed by atoms with Gasteiger partial charge in [0.1, 0.15) is 5.56 Å². The maximum atomic E-state index is 12.8. The number of carbonyl (C=O) groups is 1. The maximum absolute atomic E-state index is 12.8. The van der Waals surface area contributed by atoms with Crippen molar-refractivity contribution in [1.29, 1.82) is 0 Å². The predicted octanol–water partition coefficient (Wildman–Crippen LogP) is 3.29. The number of para-hydroxylation sites is 1. The van der Waals surface area contributed by atoms with Crippen LogP contribution in [0, 0.1) is 24.0 Å². The summed E-state index contributed by atoms with van der Waals surface area (Å²) in [4.78, 5) is 28.9. The Labute approximate surface area is 156 Å². The van der Waals surface area contributed by atoms with Gasteiger partial charge in [-0.2, -0.15) is 0 Å². The molecule has 0 fully saturated rings. The van der Waals surface area contributed by atoms with E-state index in [4.69, 9.17) is 4.84 Å². The lowest BCUT2D eigenvalue weighted by molar-refractivity contribution is -0.385. The Morgan fingerprint density at radius 2 is 1.81 bits per heavy atom. The molecular weight excluding hydrogens is 348 g/mol. The van der Waals surface area contributed by atoms with Gasteiger partial charge in [-0.05, 0) is 45.9 Å². The number of nitrogens with zero attached hydrogens (tertiary/aromatic N) is 3. The monoisotopic (exact) mass is 368 g/mol. The van der Waals surface area contributed by atoms with E-state index in [1.807, 2.05) is 32.0 Å². The van der Waals surface area contributed by atoms with Crippen LogP contribution in [0.5, 0.6) is 0 Å². The highest BCUT2D eigenvalue weighted by molar-refractivity contribution is 6.03. The number of hydrogen-bond acceptors (Lipinski definition) is 6. The van der Waals surface area contributed by atoms with Crippen LogP contribution in [0.2, 0.25) is 0 Å². The lowest BCUT2D eigenvalue weighted by Gasteiger charge is -2.31. The third-order valence-electron chi connectivity index (χ3n) is 4.14. The van der Waals surface area contributed by atoms with Crippen molar-refractivity contribution in [2.45, 2.75) is 33.4 Å². The number of rotatable bonds is 4. The number of nitro groups is 1. The van der Waals surface area contributed by atoms with Crippen molar-refractivity contribution in [2.24, 2.45) is 5.16 Å². The average Bonchev–Trinajstić information content (AvgIpc) is 2.88. The fraction of sp³-hybridized carbons (Fsp3) is 0.263. The van der Waals surface area contributed by atoms with E-state index < -0.39 is 16.6 Å². The lowest BCUT2D eigenvalue weighted by Crippen LogP contribution is -2.54. The van der Waals surface area contributed by atoms with E-state index in [0.717, 1.165) is 16.7 Å². The number of nitro benzene ring substituents is 1. The molecule has 8 nitrogen and oxygen atoms in total. The van der Waals surface area contributed by atoms with E-state index in [1.165, 1.54) is 23.2 Å². The van der Waals surface area contributed by atoms with Gasteiger partial charge in [-0.3, -0.25) is 20.3 Å². The zero-order chi connectivity index (χ0) is 19.8. The molecule has 0 bridgehead atoms. The van der Waals surface area contributed by atoms with Crippen molar-refractivity contribution in [3.05, 3.63) is 74.8 Å². The van der Waals surface area contributed by atoms with Crippen molar-refractivity contribution in [3.63, 3.8) is 0 Å². The second-order valence-corrected chi connectivity index (χ2v) is 6.88. The van der Waals surface area contributed by atoms with Crippen LogP contribution in [-0.2, 0) is 4.84 Å². The Morgan fingerprint density at radius 3 is 2.44 bits per heavy atom. The number of oxime groups is 1. The van der Waals surface area contributed by atoms with E-state index in [9.17, 15) is 14.9 Å². The predicted molar refractivity (Wildman–Crippen MR) is 100 cm³/mol. The van der Waals surface area contributed by atoms with E-state index >= 15 is 0 Å². The highest BCUT2D eigenvalue weighted by Gasteiger charge is 2.40. The molecule has 1 amide bonds. The van der Waals surface area contributed by atoms with E-state index in [0.29, 0.717) is 5.84 Å². The van der Waals surface area contributed by atoms with Gasteiger partial charge < -0.3 is 4.84 Å². The summed E-state index contributed by atoms with van der Waals surface area (Å²) in [6.07, 6.45) is 0. The molecule has 2 aromatic carbocycles. The van der Waals surface area contributed by atoms with Gasteiger partial charge >= 0.3 is 0 Å². The molecular formula is C19H20N4O4. The molecule has 0 atom stereocenters. The van der Waals surface area contributed by atoms with Crippen LogP contribution < -0.4 is 5.43 Å². The molecule has 27 heavy (non-hydrogen) atoms. The fourth-order valence-electron chi connectivity index (χ4n) is 2.95. The standard InChI is InChI=1S/C19H20N4O4/c1-12-9-13(2)11-14(10-12)17-21-27-19(3,4)22(17)20-18(24)15-7-5-6-8-16(15)23(25)26/h5-11H,1-4H3,(H,20,24). The van der Waals surface area contributed by atoms with Gasteiger partial charge in [0.15, 0.2) is 5.84 Å². The number of benzene rings is 2. The minimum absolute atomic E-state index is 0.0371. The molecule has 1 heterocycles. The van der Waals surface area contributed by atoms with Crippen molar-refractivity contribution in [1.82, 2.24) is 10.4 Å². The summed E-state index contributed by atoms with van der Waals surface area (Å²) in [5.74, 6) is -0.184. The van der Waals surface area contributed by atoms with Crippen LogP contribution in [-0.4, -0.2) is 27.4 Å². The van der Waals surface area contributed by atoms with E-state index in [2.05, 4.69) is 10.6 Å². The summed E-state index contributed by atoms with van der Waals surface area (Å²) in [6.45, 7) is 7.42. The molecule has 0 aliphatic carbocycles. The Hall–Kier alpha value is -3.42. The zero-order valence-corrected chi connectivity index (χ0v) is 15.5. The summed E-state index contributed by atoms with van der Waals surface area (Å²) in [5.41, 5.74) is 4.31. The number of hydrogen-bond donors (Lipinski definition) is 1. The van der Waals surface area contributed by atoms with Gasteiger partial charge in [0.2, 0.25) is 5.72 Å². The molecule has 3 rings (SSSR count). The highest BCUT2D eigenvalue weighted by atomic mass is 16.7. The van der Waals surface area contributed by atoms with Crippen molar-refractivity contribution >= 4 is 17.4 Å². The van der Waals surface area contributed by atoms with Crippen LogP contribution in [0.15, 0.2) is 47.6 Å². The number of carbonyl (C=O) groups excluding carboxylic acids is 1. The molecule has 2 aromatic rings. The van der Waals surface area contributed by atoms with Crippen LogP contribution in [0.25, 0.3) is 0 Å². The molecule has 0 spiro atoms. The Kier molecular flexibility index (Phi) is 4.57. The van der Waals surface area contributed by atoms with Gasteiger partial charge in [0, 0.05) is 11.6 Å². The van der Waals surface area contributed by atoms with Gasteiger partial charge in [-0.25, -0.2) is 5.01 Å². The number of amides is 1. The molecule has 0 aromatic heterocycles. The van der Waals surface area contributed by atoms with E-state index in [-0.39, 0.29) is 11.3 Å². The summed E-state index contributed by atoms with van der Waals surface area (Å²) in [7, 11) is 0. The second-order valence-electron chi connectivity index (χ2n) is 6.88. The molecule has 1 aliphatic rings. The van der Waals surface area contributed by atoms with Crippen LogP contribution in [0.3, 0.4) is 0 Å². The molecule has 0 unspecified atom stereocenters. The SMILES string of the molecule is Cc1cc(C)cc(C2=NOC(C)(C)N2NC(=O)c2ccccc2[N+](=O)[O-])c1. The third-order valence-corrected chi connectivity index (χ3v) is 4.14. The smallest absolute Gasteiger partial charge is 0.282 e. The summed E-state index contributed by atoms with van der Waals surface area (Å²) in [6, 6.07) is 11.7. The maximum Gasteiger partial charge on any atom is 0.282 e. The first-order valence-corrected chi connectivity index (χ1v) is 8.38.